The second-order valence-corrected chi connectivity index (χ2v) is 9.18. The monoisotopic (exact) mass is 485 g/mol. The Labute approximate surface area is 179 Å². The van der Waals surface area contributed by atoms with Crippen LogP contribution in [0.15, 0.2) is 44.5 Å². The number of morpholine rings is 1. The molecule has 1 aromatic heterocycles. The number of rotatable bonds is 7. The highest BCUT2D eigenvalue weighted by molar-refractivity contribution is 9.10. The second kappa shape index (κ2) is 9.29. The summed E-state index contributed by atoms with van der Waals surface area (Å²) in [6.45, 7) is 6.78. The van der Waals surface area contributed by atoms with Gasteiger partial charge in [0.25, 0.3) is 5.91 Å². The van der Waals surface area contributed by atoms with Crippen LogP contribution in [0.5, 0.6) is 0 Å². The van der Waals surface area contributed by atoms with Crippen LogP contribution in [0.1, 0.15) is 24.2 Å². The summed E-state index contributed by atoms with van der Waals surface area (Å²) in [4.78, 5) is 14.9. The van der Waals surface area contributed by atoms with E-state index >= 15 is 0 Å². The van der Waals surface area contributed by atoms with Crippen molar-refractivity contribution in [3.05, 3.63) is 40.8 Å². The average Bonchev–Trinajstić information content (AvgIpc) is 3.16. The Hall–Kier alpha value is -1.88. The lowest BCUT2D eigenvalue weighted by molar-refractivity contribution is 0.102. The van der Waals surface area contributed by atoms with Crippen molar-refractivity contribution in [2.45, 2.75) is 18.7 Å². The molecule has 0 spiro atoms. The first-order valence-corrected chi connectivity index (χ1v) is 11.6. The standard InChI is InChI=1S/C19H24BrN3O5S/c1-3-23(4-2)29(25,26)15-5-6-17(22-7-9-27-10-8-22)16(12-15)21-19(24)14-11-18(20)28-13-14/h5-6,11-13H,3-4,7-10H2,1-2H3,(H,21,24). The predicted octanol–water partition coefficient (Wildman–Crippen LogP) is 3.16. The Morgan fingerprint density at radius 2 is 1.90 bits per heavy atom. The molecule has 1 saturated heterocycles. The normalized spacial score (nSPS) is 15.0. The molecule has 0 radical (unpaired) electrons. The number of benzene rings is 1. The van der Waals surface area contributed by atoms with Gasteiger partial charge in [-0.1, -0.05) is 13.8 Å². The highest BCUT2D eigenvalue weighted by Gasteiger charge is 2.25. The first-order valence-electron chi connectivity index (χ1n) is 9.39. The third-order valence-corrected chi connectivity index (χ3v) is 7.20. The minimum Gasteiger partial charge on any atom is -0.457 e. The fourth-order valence-corrected chi connectivity index (χ4v) is 5.02. The summed E-state index contributed by atoms with van der Waals surface area (Å²) in [6.07, 6.45) is 1.34. The molecule has 2 aromatic rings. The van der Waals surface area contributed by atoms with Crippen molar-refractivity contribution in [1.82, 2.24) is 4.31 Å². The van der Waals surface area contributed by atoms with E-state index in [0.29, 0.717) is 55.3 Å². The van der Waals surface area contributed by atoms with Gasteiger partial charge >= 0.3 is 0 Å². The molecule has 1 aliphatic heterocycles. The summed E-state index contributed by atoms with van der Waals surface area (Å²) < 4.78 is 38.3. The number of carbonyl (C=O) groups is 1. The summed E-state index contributed by atoms with van der Waals surface area (Å²) in [5.74, 6) is -0.383. The van der Waals surface area contributed by atoms with Crippen molar-refractivity contribution in [2.24, 2.45) is 0 Å². The van der Waals surface area contributed by atoms with Gasteiger partial charge in [-0.2, -0.15) is 4.31 Å². The van der Waals surface area contributed by atoms with Gasteiger partial charge in [0.1, 0.15) is 6.26 Å². The van der Waals surface area contributed by atoms with Crippen LogP contribution in [0.25, 0.3) is 0 Å². The molecule has 0 aliphatic carbocycles. The van der Waals surface area contributed by atoms with Crippen molar-refractivity contribution < 1.29 is 22.4 Å². The van der Waals surface area contributed by atoms with Gasteiger partial charge in [-0.05, 0) is 34.1 Å². The largest absolute Gasteiger partial charge is 0.457 e. The van der Waals surface area contributed by atoms with E-state index in [1.165, 1.54) is 16.6 Å². The number of nitrogens with zero attached hydrogens (tertiary/aromatic N) is 2. The molecule has 0 saturated carbocycles. The van der Waals surface area contributed by atoms with Crippen LogP contribution in [-0.4, -0.2) is 58.0 Å². The molecule has 1 aliphatic rings. The zero-order valence-corrected chi connectivity index (χ0v) is 18.8. The number of carbonyl (C=O) groups excluding carboxylic acids is 1. The second-order valence-electron chi connectivity index (χ2n) is 6.46. The highest BCUT2D eigenvalue weighted by atomic mass is 79.9. The molecular formula is C19H24BrN3O5S. The maximum Gasteiger partial charge on any atom is 0.259 e. The number of anilines is 2. The van der Waals surface area contributed by atoms with Gasteiger partial charge in [-0.3, -0.25) is 4.79 Å². The van der Waals surface area contributed by atoms with Crippen molar-refractivity contribution >= 4 is 43.2 Å². The third kappa shape index (κ3) is 4.82. The summed E-state index contributed by atoms with van der Waals surface area (Å²) in [6, 6.07) is 6.40. The van der Waals surface area contributed by atoms with E-state index in [4.69, 9.17) is 9.15 Å². The summed E-state index contributed by atoms with van der Waals surface area (Å²) >= 11 is 3.18. The van der Waals surface area contributed by atoms with E-state index in [-0.39, 0.29) is 10.8 Å². The van der Waals surface area contributed by atoms with Gasteiger partial charge in [0.05, 0.1) is 35.0 Å². The third-order valence-electron chi connectivity index (χ3n) is 4.74. The summed E-state index contributed by atoms with van der Waals surface area (Å²) in [5.41, 5.74) is 1.52. The van der Waals surface area contributed by atoms with Gasteiger partial charge in [-0.25, -0.2) is 8.42 Å². The minimum atomic E-state index is -3.65. The summed E-state index contributed by atoms with van der Waals surface area (Å²) in [7, 11) is -3.65. The van der Waals surface area contributed by atoms with Crippen LogP contribution in [0.4, 0.5) is 11.4 Å². The molecule has 3 rings (SSSR count). The molecule has 1 amide bonds. The number of halogens is 1. The highest BCUT2D eigenvalue weighted by Crippen LogP contribution is 2.31. The molecule has 1 N–H and O–H groups in total. The van der Waals surface area contributed by atoms with Crippen molar-refractivity contribution in [3.8, 4) is 0 Å². The molecule has 0 atom stereocenters. The van der Waals surface area contributed by atoms with Crippen LogP contribution in [0, 0.1) is 0 Å². The number of amides is 1. The Bertz CT molecular complexity index is 966. The predicted molar refractivity (Wildman–Crippen MR) is 114 cm³/mol. The Morgan fingerprint density at radius 1 is 1.21 bits per heavy atom. The first kappa shape index (κ1) is 21.8. The smallest absolute Gasteiger partial charge is 0.259 e. The van der Waals surface area contributed by atoms with Crippen LogP contribution >= 0.6 is 15.9 Å². The van der Waals surface area contributed by atoms with Gasteiger partial charge in [0.2, 0.25) is 10.0 Å². The SMILES string of the molecule is CCN(CC)S(=O)(=O)c1ccc(N2CCOCC2)c(NC(=O)c2coc(Br)c2)c1. The zero-order valence-electron chi connectivity index (χ0n) is 16.4. The maximum atomic E-state index is 13.0. The molecule has 2 heterocycles. The van der Waals surface area contributed by atoms with Gasteiger partial charge in [0.15, 0.2) is 4.67 Å². The van der Waals surface area contributed by atoms with Crippen LogP contribution in [0.2, 0.25) is 0 Å². The quantitative estimate of drug-likeness (QED) is 0.647. The van der Waals surface area contributed by atoms with E-state index in [0.717, 1.165) is 5.69 Å². The molecule has 0 bridgehead atoms. The number of furan rings is 1. The van der Waals surface area contributed by atoms with E-state index in [1.54, 1.807) is 32.0 Å². The van der Waals surface area contributed by atoms with Gasteiger partial charge in [0, 0.05) is 32.2 Å². The van der Waals surface area contributed by atoms with Gasteiger partial charge in [-0.15, -0.1) is 0 Å². The fraction of sp³-hybridized carbons (Fsp3) is 0.421. The Morgan fingerprint density at radius 3 is 2.48 bits per heavy atom. The lowest BCUT2D eigenvalue weighted by Gasteiger charge is -2.31. The molecule has 29 heavy (non-hydrogen) atoms. The topological polar surface area (TPSA) is 92.1 Å². The molecule has 0 unspecified atom stereocenters. The summed E-state index contributed by atoms with van der Waals surface area (Å²) in [5, 5.41) is 2.84. The van der Waals surface area contributed by atoms with E-state index in [2.05, 4.69) is 26.1 Å². The molecule has 8 nitrogen and oxygen atoms in total. The van der Waals surface area contributed by atoms with Crippen LogP contribution in [-0.2, 0) is 14.8 Å². The fourth-order valence-electron chi connectivity index (χ4n) is 3.19. The maximum absolute atomic E-state index is 13.0. The number of hydrogen-bond acceptors (Lipinski definition) is 6. The van der Waals surface area contributed by atoms with Crippen LogP contribution in [0.3, 0.4) is 0 Å². The average molecular weight is 486 g/mol. The van der Waals surface area contributed by atoms with E-state index in [9.17, 15) is 13.2 Å². The molecule has 1 fully saturated rings. The number of nitrogens with one attached hydrogen (secondary N) is 1. The van der Waals surface area contributed by atoms with E-state index in [1.807, 2.05) is 0 Å². The lowest BCUT2D eigenvalue weighted by atomic mass is 10.2. The molecule has 158 valence electrons. The Balaban J connectivity index is 2.00. The van der Waals surface area contributed by atoms with Crippen LogP contribution < -0.4 is 10.2 Å². The van der Waals surface area contributed by atoms with Gasteiger partial charge < -0.3 is 19.4 Å². The number of hydrogen-bond donors (Lipinski definition) is 1. The zero-order chi connectivity index (χ0) is 21.0. The minimum absolute atomic E-state index is 0.141. The lowest BCUT2D eigenvalue weighted by Crippen LogP contribution is -2.37. The van der Waals surface area contributed by atoms with E-state index < -0.39 is 10.0 Å². The van der Waals surface area contributed by atoms with Crippen molar-refractivity contribution in [1.29, 1.82) is 0 Å². The number of ether oxygens (including phenoxy) is 1. The first-order chi connectivity index (χ1) is 13.9. The number of sulfonamides is 1. The molecular weight excluding hydrogens is 462 g/mol. The van der Waals surface area contributed by atoms with Crippen molar-refractivity contribution in [3.63, 3.8) is 0 Å². The van der Waals surface area contributed by atoms with Crippen molar-refractivity contribution in [2.75, 3.05) is 49.6 Å². The Kier molecular flexibility index (Phi) is 6.99. The molecule has 10 heteroatoms. The molecule has 1 aromatic carbocycles.